The lowest BCUT2D eigenvalue weighted by Gasteiger charge is -2.20. The van der Waals surface area contributed by atoms with E-state index in [0.717, 1.165) is 30.3 Å². The summed E-state index contributed by atoms with van der Waals surface area (Å²) in [5, 5.41) is 2.93. The zero-order valence-electron chi connectivity index (χ0n) is 11.1. The average molecular weight is 318 g/mol. The maximum absolute atomic E-state index is 13.4. The molecule has 0 spiro atoms. The smallest absolute Gasteiger partial charge is 0.160 e. The predicted molar refractivity (Wildman–Crippen MR) is 73.2 cm³/mol. The van der Waals surface area contributed by atoms with Crippen LogP contribution in [0.15, 0.2) is 30.3 Å². The summed E-state index contributed by atoms with van der Waals surface area (Å²) in [7, 11) is 0. The van der Waals surface area contributed by atoms with Crippen LogP contribution in [0.5, 0.6) is 0 Å². The quantitative estimate of drug-likeness (QED) is 0.642. The van der Waals surface area contributed by atoms with Crippen molar-refractivity contribution in [2.24, 2.45) is 0 Å². The molecular weight excluding hydrogens is 306 g/mol. The summed E-state index contributed by atoms with van der Waals surface area (Å²) in [5.74, 6) is -3.67. The molecule has 0 saturated heterocycles. The van der Waals surface area contributed by atoms with Crippen LogP contribution in [0.1, 0.15) is 24.1 Å². The van der Waals surface area contributed by atoms with Crippen LogP contribution in [0.25, 0.3) is 0 Å². The molecule has 0 aliphatic rings. The summed E-state index contributed by atoms with van der Waals surface area (Å²) < 4.78 is 53.3. The van der Waals surface area contributed by atoms with Gasteiger partial charge in [-0.25, -0.2) is 17.6 Å². The molecule has 0 saturated carbocycles. The summed E-state index contributed by atoms with van der Waals surface area (Å²) >= 11 is 5.93. The van der Waals surface area contributed by atoms with Crippen LogP contribution < -0.4 is 5.32 Å². The van der Waals surface area contributed by atoms with Gasteiger partial charge in [-0.05, 0) is 41.9 Å². The Kier molecular flexibility index (Phi) is 4.85. The molecule has 0 aliphatic heterocycles. The third kappa shape index (κ3) is 3.54. The lowest BCUT2D eigenvalue weighted by molar-refractivity contribution is 0.503. The molecule has 0 aromatic heterocycles. The van der Waals surface area contributed by atoms with Gasteiger partial charge < -0.3 is 5.32 Å². The van der Waals surface area contributed by atoms with Crippen LogP contribution in [-0.2, 0) is 0 Å². The maximum atomic E-state index is 13.4. The highest BCUT2D eigenvalue weighted by Gasteiger charge is 2.20. The number of benzene rings is 2. The third-order valence-corrected chi connectivity index (χ3v) is 3.30. The monoisotopic (exact) mass is 317 g/mol. The Morgan fingerprint density at radius 3 is 2.10 bits per heavy atom. The SMILES string of the molecule is CCNC(c1cc(F)cc(F)c1)c1cc(F)c(F)cc1Cl. The molecule has 2 aromatic rings. The highest BCUT2D eigenvalue weighted by molar-refractivity contribution is 6.31. The first kappa shape index (κ1) is 15.8. The third-order valence-electron chi connectivity index (χ3n) is 2.98. The van der Waals surface area contributed by atoms with Gasteiger partial charge in [0.05, 0.1) is 6.04 Å². The van der Waals surface area contributed by atoms with Crippen LogP contribution in [-0.4, -0.2) is 6.54 Å². The molecule has 0 fully saturated rings. The molecule has 0 heterocycles. The number of nitrogens with one attached hydrogen (secondary N) is 1. The number of hydrogen-bond acceptors (Lipinski definition) is 1. The number of hydrogen-bond donors (Lipinski definition) is 1. The summed E-state index contributed by atoms with van der Waals surface area (Å²) in [5.41, 5.74) is 0.449. The van der Waals surface area contributed by atoms with E-state index in [-0.39, 0.29) is 16.1 Å². The summed E-state index contributed by atoms with van der Waals surface area (Å²) in [4.78, 5) is 0. The topological polar surface area (TPSA) is 12.0 Å². The van der Waals surface area contributed by atoms with Crippen LogP contribution in [0, 0.1) is 23.3 Å². The highest BCUT2D eigenvalue weighted by atomic mass is 35.5. The zero-order chi connectivity index (χ0) is 15.6. The van der Waals surface area contributed by atoms with Gasteiger partial charge in [0.2, 0.25) is 0 Å². The first-order valence-electron chi connectivity index (χ1n) is 6.26. The van der Waals surface area contributed by atoms with E-state index < -0.39 is 29.3 Å². The van der Waals surface area contributed by atoms with E-state index in [9.17, 15) is 17.6 Å². The molecule has 1 unspecified atom stereocenters. The van der Waals surface area contributed by atoms with E-state index in [2.05, 4.69) is 5.32 Å². The standard InChI is InChI=1S/C15H12ClF4N/c1-2-21-15(8-3-9(17)5-10(18)4-8)11-6-13(19)14(20)7-12(11)16/h3-7,15,21H,2H2,1H3. The molecule has 0 aliphatic carbocycles. The molecule has 1 atom stereocenters. The zero-order valence-corrected chi connectivity index (χ0v) is 11.8. The summed E-state index contributed by atoms with van der Waals surface area (Å²) in [6.45, 7) is 2.22. The Balaban J connectivity index is 2.55. The summed E-state index contributed by atoms with van der Waals surface area (Å²) in [6.07, 6.45) is 0. The van der Waals surface area contributed by atoms with Gasteiger partial charge in [0.25, 0.3) is 0 Å². The normalized spacial score (nSPS) is 12.5. The van der Waals surface area contributed by atoms with Crippen molar-refractivity contribution < 1.29 is 17.6 Å². The van der Waals surface area contributed by atoms with Gasteiger partial charge in [0, 0.05) is 11.1 Å². The molecule has 112 valence electrons. The minimum atomic E-state index is -1.08. The molecule has 1 nitrogen and oxygen atoms in total. The van der Waals surface area contributed by atoms with E-state index in [0.29, 0.717) is 6.54 Å². The minimum absolute atomic E-state index is 0.0236. The summed E-state index contributed by atoms with van der Waals surface area (Å²) in [6, 6.07) is 3.99. The minimum Gasteiger partial charge on any atom is -0.306 e. The van der Waals surface area contributed by atoms with Crippen molar-refractivity contribution in [3.05, 3.63) is 69.8 Å². The molecule has 0 bridgehead atoms. The van der Waals surface area contributed by atoms with E-state index >= 15 is 0 Å². The van der Waals surface area contributed by atoms with E-state index in [1.807, 2.05) is 0 Å². The van der Waals surface area contributed by atoms with Gasteiger partial charge in [-0.2, -0.15) is 0 Å². The molecule has 6 heteroatoms. The Hall–Kier alpha value is -1.59. The number of rotatable bonds is 4. The van der Waals surface area contributed by atoms with Crippen molar-refractivity contribution in [3.8, 4) is 0 Å². The van der Waals surface area contributed by atoms with Crippen LogP contribution in [0.4, 0.5) is 17.6 Å². The largest absolute Gasteiger partial charge is 0.306 e. The fourth-order valence-corrected chi connectivity index (χ4v) is 2.37. The van der Waals surface area contributed by atoms with Crippen molar-refractivity contribution in [1.29, 1.82) is 0 Å². The van der Waals surface area contributed by atoms with E-state index in [4.69, 9.17) is 11.6 Å². The van der Waals surface area contributed by atoms with Gasteiger partial charge in [-0.15, -0.1) is 0 Å². The molecule has 2 rings (SSSR count). The van der Waals surface area contributed by atoms with Crippen molar-refractivity contribution in [2.45, 2.75) is 13.0 Å². The lowest BCUT2D eigenvalue weighted by Crippen LogP contribution is -2.23. The van der Waals surface area contributed by atoms with Crippen LogP contribution in [0.2, 0.25) is 5.02 Å². The molecule has 2 aromatic carbocycles. The Morgan fingerprint density at radius 1 is 0.952 bits per heavy atom. The average Bonchev–Trinajstić information content (AvgIpc) is 2.39. The van der Waals surface area contributed by atoms with E-state index in [1.54, 1.807) is 6.92 Å². The first-order valence-corrected chi connectivity index (χ1v) is 6.64. The highest BCUT2D eigenvalue weighted by Crippen LogP contribution is 2.31. The molecule has 21 heavy (non-hydrogen) atoms. The van der Waals surface area contributed by atoms with Gasteiger partial charge in [0.1, 0.15) is 11.6 Å². The second-order valence-electron chi connectivity index (χ2n) is 4.48. The molecular formula is C15H12ClF4N. The molecule has 0 radical (unpaired) electrons. The van der Waals surface area contributed by atoms with Crippen molar-refractivity contribution >= 4 is 11.6 Å². The van der Waals surface area contributed by atoms with Crippen molar-refractivity contribution in [2.75, 3.05) is 6.54 Å². The second kappa shape index (κ2) is 6.45. The second-order valence-corrected chi connectivity index (χ2v) is 4.89. The first-order chi connectivity index (χ1) is 9.92. The lowest BCUT2D eigenvalue weighted by atomic mass is 9.98. The van der Waals surface area contributed by atoms with Gasteiger partial charge in [0.15, 0.2) is 11.6 Å². The predicted octanol–water partition coefficient (Wildman–Crippen LogP) is 4.60. The Morgan fingerprint density at radius 2 is 1.52 bits per heavy atom. The van der Waals surface area contributed by atoms with E-state index in [1.165, 1.54) is 0 Å². The molecule has 1 N–H and O–H groups in total. The Bertz CT molecular complexity index is 640. The van der Waals surface area contributed by atoms with Gasteiger partial charge in [-0.3, -0.25) is 0 Å². The van der Waals surface area contributed by atoms with Crippen LogP contribution >= 0.6 is 11.6 Å². The fourth-order valence-electron chi connectivity index (χ4n) is 2.11. The van der Waals surface area contributed by atoms with Crippen molar-refractivity contribution in [1.82, 2.24) is 5.32 Å². The number of halogens is 5. The van der Waals surface area contributed by atoms with Crippen molar-refractivity contribution in [3.63, 3.8) is 0 Å². The molecule has 0 amide bonds. The van der Waals surface area contributed by atoms with Gasteiger partial charge >= 0.3 is 0 Å². The van der Waals surface area contributed by atoms with Gasteiger partial charge in [-0.1, -0.05) is 18.5 Å². The van der Waals surface area contributed by atoms with Crippen LogP contribution in [0.3, 0.4) is 0 Å². The maximum Gasteiger partial charge on any atom is 0.160 e. The fraction of sp³-hybridized carbons (Fsp3) is 0.200. The Labute approximate surface area is 124 Å².